The van der Waals surface area contributed by atoms with Crippen LogP contribution in [-0.2, 0) is 9.59 Å². The number of hydrogen-bond acceptors (Lipinski definition) is 4. The van der Waals surface area contributed by atoms with E-state index in [0.29, 0.717) is 20.8 Å². The number of carboxylic acid groups (broad SMARTS) is 1. The number of benzene rings is 2. The number of halogens is 4. The second kappa shape index (κ2) is 11.2. The maximum Gasteiger partial charge on any atom is 0.344 e. The first kappa shape index (κ1) is 23.4. The molecule has 0 heterocycles. The molecule has 0 amide bonds. The number of hydrogen-bond donors (Lipinski definition) is 1. The molecule has 0 aliphatic carbocycles. The Morgan fingerprint density at radius 1 is 1.00 bits per heavy atom. The number of ether oxygens (including phenoxy) is 2. The highest BCUT2D eigenvalue weighted by atomic mass is 35.5. The Morgan fingerprint density at radius 2 is 1.56 bits per heavy atom. The fraction of sp³-hybridized carbons (Fsp3) is 0.222. The van der Waals surface area contributed by atoms with E-state index in [1.165, 1.54) is 19.1 Å². The van der Waals surface area contributed by atoms with Gasteiger partial charge in [-0.15, -0.1) is 0 Å². The largest absolute Gasteiger partial charge is 0.479 e. The second-order valence-electron chi connectivity index (χ2n) is 5.08. The van der Waals surface area contributed by atoms with Crippen LogP contribution in [0.4, 0.5) is 0 Å². The maximum atomic E-state index is 11.0. The fourth-order valence-corrected chi connectivity index (χ4v) is 2.25. The molecule has 0 aliphatic heterocycles. The molecule has 0 bridgehead atoms. The van der Waals surface area contributed by atoms with Crippen LogP contribution in [0.25, 0.3) is 0 Å². The van der Waals surface area contributed by atoms with Gasteiger partial charge in [-0.05, 0) is 37.3 Å². The topological polar surface area (TPSA) is 72.8 Å². The van der Waals surface area contributed by atoms with Gasteiger partial charge in [0.25, 0.3) is 0 Å². The van der Waals surface area contributed by atoms with E-state index < -0.39 is 12.1 Å². The molecule has 1 N–H and O–H groups in total. The lowest BCUT2D eigenvalue weighted by Gasteiger charge is -2.09. The van der Waals surface area contributed by atoms with Crippen molar-refractivity contribution in [1.29, 1.82) is 0 Å². The lowest BCUT2D eigenvalue weighted by molar-refractivity contribution is -0.144. The monoisotopic (exact) mass is 452 g/mol. The first-order chi connectivity index (χ1) is 12.6. The van der Waals surface area contributed by atoms with E-state index in [9.17, 15) is 9.59 Å². The molecule has 0 radical (unpaired) electrons. The van der Waals surface area contributed by atoms with Crippen LogP contribution in [0.15, 0.2) is 36.4 Å². The third kappa shape index (κ3) is 8.26. The van der Waals surface area contributed by atoms with Crippen LogP contribution in [-0.4, -0.2) is 23.1 Å². The molecule has 1 unspecified atom stereocenters. The maximum absolute atomic E-state index is 11.0. The number of carboxylic acids is 1. The summed E-state index contributed by atoms with van der Waals surface area (Å²) in [6, 6.07) is 9.39. The highest BCUT2D eigenvalue weighted by Crippen LogP contribution is 2.33. The van der Waals surface area contributed by atoms with E-state index in [1.807, 2.05) is 0 Å². The Bertz CT molecular complexity index is 793. The van der Waals surface area contributed by atoms with Crippen molar-refractivity contribution in [2.75, 3.05) is 0 Å². The normalized spacial score (nSPS) is 11.0. The van der Waals surface area contributed by atoms with Crippen LogP contribution in [0.1, 0.15) is 20.3 Å². The van der Waals surface area contributed by atoms with E-state index in [2.05, 4.69) is 0 Å². The smallest absolute Gasteiger partial charge is 0.344 e. The van der Waals surface area contributed by atoms with Gasteiger partial charge in [-0.2, -0.15) is 0 Å². The minimum atomic E-state index is -0.991. The summed E-state index contributed by atoms with van der Waals surface area (Å²) in [7, 11) is 0. The van der Waals surface area contributed by atoms with Crippen molar-refractivity contribution >= 4 is 58.3 Å². The van der Waals surface area contributed by atoms with Crippen molar-refractivity contribution in [3.05, 3.63) is 56.5 Å². The Balaban J connectivity index is 0.000000271. The minimum absolute atomic E-state index is 0.230. The number of carbonyl (C=O) groups is 2. The lowest BCUT2D eigenvalue weighted by Crippen LogP contribution is -2.22. The number of aliphatic carboxylic acids is 1. The highest BCUT2D eigenvalue weighted by Gasteiger charge is 2.12. The molecule has 2 aromatic rings. The van der Waals surface area contributed by atoms with Gasteiger partial charge in [0.2, 0.25) is 0 Å². The molecule has 0 spiro atoms. The zero-order valence-corrected chi connectivity index (χ0v) is 17.4. The van der Waals surface area contributed by atoms with Crippen LogP contribution in [0.2, 0.25) is 20.1 Å². The minimum Gasteiger partial charge on any atom is -0.479 e. The number of rotatable bonds is 5. The third-order valence-corrected chi connectivity index (χ3v) is 4.23. The molecule has 9 heteroatoms. The van der Waals surface area contributed by atoms with E-state index in [4.69, 9.17) is 61.0 Å². The van der Waals surface area contributed by atoms with Crippen molar-refractivity contribution in [3.63, 3.8) is 0 Å². The van der Waals surface area contributed by atoms with Crippen LogP contribution in [0, 0.1) is 0 Å². The van der Waals surface area contributed by atoms with E-state index in [-0.39, 0.29) is 23.2 Å². The van der Waals surface area contributed by atoms with Gasteiger partial charge in [0.15, 0.2) is 11.9 Å². The second-order valence-corrected chi connectivity index (χ2v) is 6.73. The highest BCUT2D eigenvalue weighted by molar-refractivity contribution is 6.43. The molecule has 27 heavy (non-hydrogen) atoms. The standard InChI is InChI=1S/C9H7Cl3O2.C9H9ClO3/c1-2-9(13)14-8-4-6(11)5(10)3-7(8)12;1-6(9(11)12)13-8-4-2-7(10)3-5-8/h3-4H,2H2,1H3;2-6H,1H3,(H,11,12). The molecule has 0 aliphatic rings. The SMILES string of the molecule is CC(Oc1ccc(Cl)cc1)C(=O)O.CCC(=O)Oc1cc(Cl)c(Cl)cc1Cl. The average molecular weight is 454 g/mol. The third-order valence-electron chi connectivity index (χ3n) is 2.96. The van der Waals surface area contributed by atoms with E-state index in [0.717, 1.165) is 0 Å². The summed E-state index contributed by atoms with van der Waals surface area (Å²) in [4.78, 5) is 21.4. The molecular formula is C18H16Cl4O5. The van der Waals surface area contributed by atoms with E-state index in [1.54, 1.807) is 31.2 Å². The molecule has 0 aromatic heterocycles. The van der Waals surface area contributed by atoms with Crippen LogP contribution in [0.5, 0.6) is 11.5 Å². The van der Waals surface area contributed by atoms with Crippen molar-refractivity contribution in [3.8, 4) is 11.5 Å². The van der Waals surface area contributed by atoms with Gasteiger partial charge < -0.3 is 14.6 Å². The van der Waals surface area contributed by atoms with Crippen molar-refractivity contribution < 1.29 is 24.2 Å². The van der Waals surface area contributed by atoms with Crippen LogP contribution >= 0.6 is 46.4 Å². The Labute approximate surface area is 176 Å². The summed E-state index contributed by atoms with van der Waals surface area (Å²) in [6.45, 7) is 3.16. The van der Waals surface area contributed by atoms with Crippen molar-refractivity contribution in [2.24, 2.45) is 0 Å². The summed E-state index contributed by atoms with van der Waals surface area (Å²) < 4.78 is 9.99. The first-order valence-electron chi connectivity index (χ1n) is 7.64. The zero-order chi connectivity index (χ0) is 20.6. The van der Waals surface area contributed by atoms with Gasteiger partial charge in [-0.3, -0.25) is 4.79 Å². The van der Waals surface area contributed by atoms with E-state index >= 15 is 0 Å². The van der Waals surface area contributed by atoms with Gasteiger partial charge in [0.05, 0.1) is 15.1 Å². The van der Waals surface area contributed by atoms with Gasteiger partial charge >= 0.3 is 11.9 Å². The summed E-state index contributed by atoms with van der Waals surface area (Å²) in [5.41, 5.74) is 0. The molecule has 0 fully saturated rings. The first-order valence-corrected chi connectivity index (χ1v) is 9.15. The molecule has 146 valence electrons. The molecule has 2 rings (SSSR count). The molecular weight excluding hydrogens is 438 g/mol. The molecule has 0 saturated heterocycles. The molecule has 1 atom stereocenters. The van der Waals surface area contributed by atoms with Gasteiger partial charge in [-0.1, -0.05) is 53.3 Å². The predicted molar refractivity (Wildman–Crippen MR) is 107 cm³/mol. The number of esters is 1. The van der Waals surface area contributed by atoms with Crippen LogP contribution in [0.3, 0.4) is 0 Å². The molecule has 2 aromatic carbocycles. The fourth-order valence-electron chi connectivity index (χ4n) is 1.55. The Kier molecular flexibility index (Phi) is 9.74. The lowest BCUT2D eigenvalue weighted by atomic mass is 10.3. The predicted octanol–water partition coefficient (Wildman–Crippen LogP) is 6.15. The zero-order valence-electron chi connectivity index (χ0n) is 14.3. The van der Waals surface area contributed by atoms with Gasteiger partial charge in [-0.25, -0.2) is 4.79 Å². The summed E-state index contributed by atoms with van der Waals surface area (Å²) in [6.07, 6.45) is -0.572. The summed E-state index contributed by atoms with van der Waals surface area (Å²) in [5.74, 6) is -0.632. The molecule has 0 saturated carbocycles. The van der Waals surface area contributed by atoms with Crippen molar-refractivity contribution in [2.45, 2.75) is 26.4 Å². The summed E-state index contributed by atoms with van der Waals surface area (Å²) in [5, 5.41) is 10.0. The molecule has 5 nitrogen and oxygen atoms in total. The summed E-state index contributed by atoms with van der Waals surface area (Å²) >= 11 is 22.9. The quantitative estimate of drug-likeness (QED) is 0.333. The van der Waals surface area contributed by atoms with Crippen LogP contribution < -0.4 is 9.47 Å². The van der Waals surface area contributed by atoms with Crippen molar-refractivity contribution in [1.82, 2.24) is 0 Å². The number of carbonyl (C=O) groups excluding carboxylic acids is 1. The Hall–Kier alpha value is -1.66. The Morgan fingerprint density at radius 3 is 2.07 bits per heavy atom. The average Bonchev–Trinajstić information content (AvgIpc) is 2.62. The van der Waals surface area contributed by atoms with Gasteiger partial charge in [0, 0.05) is 17.5 Å². The van der Waals surface area contributed by atoms with Gasteiger partial charge in [0.1, 0.15) is 5.75 Å².